The number of carbonyl (C=O) groups excluding carboxylic acids is 1. The lowest BCUT2D eigenvalue weighted by atomic mass is 10.0. The highest BCUT2D eigenvalue weighted by Gasteiger charge is 2.19. The number of fused-ring (bicyclic) bond motifs is 1. The van der Waals surface area contributed by atoms with E-state index in [0.29, 0.717) is 12.6 Å². The van der Waals surface area contributed by atoms with Crippen molar-refractivity contribution in [2.45, 2.75) is 39.2 Å². The van der Waals surface area contributed by atoms with Gasteiger partial charge in [0.25, 0.3) is 0 Å². The molecular weight excluding hydrogens is 260 g/mol. The van der Waals surface area contributed by atoms with Crippen molar-refractivity contribution in [3.8, 4) is 0 Å². The van der Waals surface area contributed by atoms with Gasteiger partial charge >= 0.3 is 0 Å². The summed E-state index contributed by atoms with van der Waals surface area (Å²) in [6, 6.07) is 6.67. The van der Waals surface area contributed by atoms with Gasteiger partial charge < -0.3 is 4.90 Å². The third-order valence-corrected chi connectivity index (χ3v) is 4.43. The van der Waals surface area contributed by atoms with Crippen molar-refractivity contribution in [3.05, 3.63) is 34.9 Å². The minimum Gasteiger partial charge on any atom is -0.308 e. The second kappa shape index (κ2) is 7.19. The van der Waals surface area contributed by atoms with E-state index in [-0.39, 0.29) is 5.78 Å². The fourth-order valence-electron chi connectivity index (χ4n) is 3.24. The molecule has 116 valence electrons. The van der Waals surface area contributed by atoms with Crippen LogP contribution in [-0.2, 0) is 12.8 Å². The highest BCUT2D eigenvalue weighted by Crippen LogP contribution is 2.23. The molecule has 1 atom stereocenters. The van der Waals surface area contributed by atoms with E-state index in [1.165, 1.54) is 24.0 Å². The summed E-state index contributed by atoms with van der Waals surface area (Å²) in [5.74, 6) is 0.247. The van der Waals surface area contributed by atoms with Crippen molar-refractivity contribution in [1.82, 2.24) is 9.80 Å². The molecule has 2 rings (SSSR count). The quantitative estimate of drug-likeness (QED) is 0.721. The molecule has 0 saturated carbocycles. The molecule has 1 unspecified atom stereocenters. The van der Waals surface area contributed by atoms with Gasteiger partial charge in [-0.15, -0.1) is 0 Å². The Bertz CT molecular complexity index is 496. The fraction of sp³-hybridized carbons (Fsp3) is 0.611. The second-order valence-corrected chi connectivity index (χ2v) is 6.43. The molecule has 0 N–H and O–H groups in total. The summed E-state index contributed by atoms with van der Waals surface area (Å²) in [7, 11) is 4.15. The highest BCUT2D eigenvalue weighted by atomic mass is 16.1. The molecule has 0 aromatic heterocycles. The minimum absolute atomic E-state index is 0.247. The third kappa shape index (κ3) is 4.14. The van der Waals surface area contributed by atoms with Crippen LogP contribution < -0.4 is 0 Å². The van der Waals surface area contributed by atoms with Crippen molar-refractivity contribution in [2.24, 2.45) is 0 Å². The summed E-state index contributed by atoms with van der Waals surface area (Å²) in [6.45, 7) is 6.73. The molecule has 1 aliphatic carbocycles. The van der Waals surface area contributed by atoms with Gasteiger partial charge in [0.05, 0.1) is 6.54 Å². The molecule has 3 heteroatoms. The normalized spacial score (nSPS) is 15.5. The molecule has 3 nitrogen and oxygen atoms in total. The van der Waals surface area contributed by atoms with E-state index >= 15 is 0 Å². The molecule has 0 amide bonds. The number of hydrogen-bond acceptors (Lipinski definition) is 3. The molecule has 1 aromatic rings. The average molecular weight is 288 g/mol. The number of nitrogens with zero attached hydrogens (tertiary/aromatic N) is 2. The number of likely N-dealkylation sites (N-methyl/N-ethyl adjacent to an activating group) is 2. The summed E-state index contributed by atoms with van der Waals surface area (Å²) in [5.41, 5.74) is 3.69. The number of Topliss-reactive ketones (excluding diaryl/α,β-unsaturated/α-hetero) is 1. The predicted molar refractivity (Wildman–Crippen MR) is 88.1 cm³/mol. The lowest BCUT2D eigenvalue weighted by molar-refractivity contribution is 0.0888. The zero-order valence-electron chi connectivity index (χ0n) is 13.9. The van der Waals surface area contributed by atoms with Gasteiger partial charge in [0.15, 0.2) is 5.78 Å². The molecule has 0 fully saturated rings. The van der Waals surface area contributed by atoms with Crippen LogP contribution in [0.4, 0.5) is 0 Å². The predicted octanol–water partition coefficient (Wildman–Crippen LogP) is 2.63. The number of rotatable bonds is 7. The van der Waals surface area contributed by atoms with E-state index in [2.05, 4.69) is 49.9 Å². The van der Waals surface area contributed by atoms with Gasteiger partial charge in [-0.05, 0) is 64.0 Å². The van der Waals surface area contributed by atoms with Gasteiger partial charge in [0.1, 0.15) is 0 Å². The van der Waals surface area contributed by atoms with E-state index in [4.69, 9.17) is 0 Å². The Balaban J connectivity index is 2.02. The van der Waals surface area contributed by atoms with Crippen LogP contribution in [0.5, 0.6) is 0 Å². The fourth-order valence-corrected chi connectivity index (χ4v) is 3.24. The standard InChI is InChI=1S/C18H28N2O/c1-5-20(14(2)12-19(3)4)13-18(21)17-10-9-15-7-6-8-16(15)11-17/h9-11,14H,5-8,12-13H2,1-4H3. The summed E-state index contributed by atoms with van der Waals surface area (Å²) >= 11 is 0. The van der Waals surface area contributed by atoms with Crippen LogP contribution >= 0.6 is 0 Å². The van der Waals surface area contributed by atoms with Crippen molar-refractivity contribution in [2.75, 3.05) is 33.7 Å². The van der Waals surface area contributed by atoms with Crippen molar-refractivity contribution < 1.29 is 4.79 Å². The number of aryl methyl sites for hydroxylation is 2. The molecule has 1 aromatic carbocycles. The number of benzene rings is 1. The first-order chi connectivity index (χ1) is 10.0. The molecule has 0 heterocycles. The zero-order chi connectivity index (χ0) is 15.4. The zero-order valence-corrected chi connectivity index (χ0v) is 13.9. The number of carbonyl (C=O) groups is 1. The molecule has 0 spiro atoms. The smallest absolute Gasteiger partial charge is 0.176 e. The summed E-state index contributed by atoms with van der Waals surface area (Å²) in [4.78, 5) is 17.0. The van der Waals surface area contributed by atoms with Crippen LogP contribution in [0.25, 0.3) is 0 Å². The first-order valence-corrected chi connectivity index (χ1v) is 8.05. The van der Waals surface area contributed by atoms with Crippen LogP contribution in [0.2, 0.25) is 0 Å². The van der Waals surface area contributed by atoms with Gasteiger partial charge in [-0.1, -0.05) is 19.1 Å². The van der Waals surface area contributed by atoms with Crippen LogP contribution in [0.15, 0.2) is 18.2 Å². The summed E-state index contributed by atoms with van der Waals surface area (Å²) < 4.78 is 0. The van der Waals surface area contributed by atoms with Crippen LogP contribution in [-0.4, -0.2) is 55.4 Å². The van der Waals surface area contributed by atoms with Crippen LogP contribution in [0, 0.1) is 0 Å². The largest absolute Gasteiger partial charge is 0.308 e. The Morgan fingerprint density at radius 1 is 1.24 bits per heavy atom. The Labute approximate surface area is 128 Å². The maximum atomic E-state index is 12.5. The van der Waals surface area contributed by atoms with Gasteiger partial charge in [-0.3, -0.25) is 9.69 Å². The first kappa shape index (κ1) is 16.2. The Morgan fingerprint density at radius 2 is 1.95 bits per heavy atom. The molecule has 1 aliphatic rings. The number of hydrogen-bond donors (Lipinski definition) is 0. The topological polar surface area (TPSA) is 23.6 Å². The lowest BCUT2D eigenvalue weighted by Crippen LogP contribution is -2.42. The summed E-state index contributed by atoms with van der Waals surface area (Å²) in [6.07, 6.45) is 3.53. The van der Waals surface area contributed by atoms with Crippen molar-refractivity contribution in [3.63, 3.8) is 0 Å². The Hall–Kier alpha value is -1.19. The summed E-state index contributed by atoms with van der Waals surface area (Å²) in [5, 5.41) is 0. The second-order valence-electron chi connectivity index (χ2n) is 6.43. The molecule has 0 radical (unpaired) electrons. The number of ketones is 1. The van der Waals surface area contributed by atoms with E-state index in [1.807, 2.05) is 6.07 Å². The van der Waals surface area contributed by atoms with E-state index in [0.717, 1.165) is 25.1 Å². The maximum Gasteiger partial charge on any atom is 0.176 e. The Morgan fingerprint density at radius 3 is 2.62 bits per heavy atom. The van der Waals surface area contributed by atoms with Gasteiger partial charge in [-0.25, -0.2) is 0 Å². The molecule has 0 bridgehead atoms. The maximum absolute atomic E-state index is 12.5. The monoisotopic (exact) mass is 288 g/mol. The van der Waals surface area contributed by atoms with Crippen LogP contribution in [0.1, 0.15) is 41.8 Å². The minimum atomic E-state index is 0.247. The van der Waals surface area contributed by atoms with Gasteiger partial charge in [0, 0.05) is 18.2 Å². The molecule has 0 aliphatic heterocycles. The van der Waals surface area contributed by atoms with Crippen molar-refractivity contribution in [1.29, 1.82) is 0 Å². The van der Waals surface area contributed by atoms with E-state index < -0.39 is 0 Å². The first-order valence-electron chi connectivity index (χ1n) is 8.05. The van der Waals surface area contributed by atoms with Gasteiger partial charge in [0.2, 0.25) is 0 Å². The lowest BCUT2D eigenvalue weighted by Gasteiger charge is -2.29. The van der Waals surface area contributed by atoms with E-state index in [1.54, 1.807) is 0 Å². The third-order valence-electron chi connectivity index (χ3n) is 4.43. The molecular formula is C18H28N2O. The van der Waals surface area contributed by atoms with Crippen LogP contribution in [0.3, 0.4) is 0 Å². The average Bonchev–Trinajstić information content (AvgIpc) is 2.90. The van der Waals surface area contributed by atoms with Crippen molar-refractivity contribution >= 4 is 5.78 Å². The molecule has 21 heavy (non-hydrogen) atoms. The SMILES string of the molecule is CCN(CC(=O)c1ccc2c(c1)CCC2)C(C)CN(C)C. The molecule has 0 saturated heterocycles. The van der Waals surface area contributed by atoms with Gasteiger partial charge in [-0.2, -0.15) is 0 Å². The van der Waals surface area contributed by atoms with E-state index in [9.17, 15) is 4.79 Å². The Kier molecular flexibility index (Phi) is 5.54. The highest BCUT2D eigenvalue weighted by molar-refractivity contribution is 5.97.